The molecule has 1 N–H and O–H groups in total. The zero-order valence-corrected chi connectivity index (χ0v) is 15.5. The lowest BCUT2D eigenvalue weighted by Crippen LogP contribution is -2.38. The number of aryl methyl sites for hydroxylation is 1. The first-order valence-electron chi connectivity index (χ1n) is 9.14. The monoisotopic (exact) mass is 360 g/mol. The third-order valence-corrected chi connectivity index (χ3v) is 4.33. The molecule has 5 heteroatoms. The van der Waals surface area contributed by atoms with Crippen molar-refractivity contribution in [2.75, 3.05) is 0 Å². The molecule has 2 amide bonds. The molecule has 0 aliphatic carbocycles. The standard InChI is InChI=1S/C22H24N4O/c1-2-18-8-10-19(11-9-18)16-26(17-20-6-5-12-23-14-20)22(27)25-15-21-7-3-4-13-24-21/h3-14H,2,15-17H2,1H3,(H,25,27). The number of carbonyl (C=O) groups excluding carboxylic acids is 1. The van der Waals surface area contributed by atoms with Gasteiger partial charge in [-0.3, -0.25) is 9.97 Å². The number of nitrogens with one attached hydrogen (secondary N) is 1. The van der Waals surface area contributed by atoms with Crippen molar-refractivity contribution in [1.82, 2.24) is 20.2 Å². The first-order chi connectivity index (χ1) is 13.2. The van der Waals surface area contributed by atoms with Crippen molar-refractivity contribution in [3.05, 3.63) is 95.6 Å². The van der Waals surface area contributed by atoms with Gasteiger partial charge in [0.15, 0.2) is 0 Å². The van der Waals surface area contributed by atoms with Crippen molar-refractivity contribution in [1.29, 1.82) is 0 Å². The quantitative estimate of drug-likeness (QED) is 0.694. The van der Waals surface area contributed by atoms with Crippen LogP contribution in [-0.4, -0.2) is 20.9 Å². The van der Waals surface area contributed by atoms with E-state index in [0.29, 0.717) is 19.6 Å². The summed E-state index contributed by atoms with van der Waals surface area (Å²) in [5.74, 6) is 0. The maximum absolute atomic E-state index is 12.8. The maximum Gasteiger partial charge on any atom is 0.318 e. The number of amides is 2. The SMILES string of the molecule is CCc1ccc(CN(Cc2cccnc2)C(=O)NCc2ccccn2)cc1. The molecular weight excluding hydrogens is 336 g/mol. The van der Waals surface area contributed by atoms with Gasteiger partial charge in [0.2, 0.25) is 0 Å². The highest BCUT2D eigenvalue weighted by Gasteiger charge is 2.15. The zero-order chi connectivity index (χ0) is 18.9. The van der Waals surface area contributed by atoms with Gasteiger partial charge < -0.3 is 10.2 Å². The molecule has 5 nitrogen and oxygen atoms in total. The summed E-state index contributed by atoms with van der Waals surface area (Å²) >= 11 is 0. The lowest BCUT2D eigenvalue weighted by atomic mass is 10.1. The van der Waals surface area contributed by atoms with Crippen LogP contribution in [0.3, 0.4) is 0 Å². The van der Waals surface area contributed by atoms with E-state index in [1.54, 1.807) is 23.5 Å². The summed E-state index contributed by atoms with van der Waals surface area (Å²) in [6, 6.07) is 17.8. The third-order valence-electron chi connectivity index (χ3n) is 4.33. The van der Waals surface area contributed by atoms with Crippen LogP contribution in [-0.2, 0) is 26.1 Å². The zero-order valence-electron chi connectivity index (χ0n) is 15.5. The van der Waals surface area contributed by atoms with Gasteiger partial charge in [-0.05, 0) is 41.3 Å². The molecule has 0 bridgehead atoms. The van der Waals surface area contributed by atoms with Gasteiger partial charge >= 0.3 is 6.03 Å². The Morgan fingerprint density at radius 1 is 0.926 bits per heavy atom. The Bertz CT molecular complexity index is 835. The Balaban J connectivity index is 1.70. The van der Waals surface area contributed by atoms with Gasteiger partial charge in [0.05, 0.1) is 12.2 Å². The summed E-state index contributed by atoms with van der Waals surface area (Å²) in [5, 5.41) is 2.97. The molecule has 2 heterocycles. The van der Waals surface area contributed by atoms with Crippen LogP contribution in [0.4, 0.5) is 4.79 Å². The molecule has 3 rings (SSSR count). The molecule has 138 valence electrons. The van der Waals surface area contributed by atoms with Crippen LogP contribution in [0, 0.1) is 0 Å². The molecule has 2 aromatic heterocycles. The minimum atomic E-state index is -0.121. The van der Waals surface area contributed by atoms with E-state index < -0.39 is 0 Å². The Hall–Kier alpha value is -3.21. The van der Waals surface area contributed by atoms with Crippen molar-refractivity contribution >= 4 is 6.03 Å². The normalized spacial score (nSPS) is 10.4. The maximum atomic E-state index is 12.8. The fourth-order valence-electron chi connectivity index (χ4n) is 2.79. The van der Waals surface area contributed by atoms with Gasteiger partial charge in [-0.2, -0.15) is 0 Å². The minimum Gasteiger partial charge on any atom is -0.332 e. The highest BCUT2D eigenvalue weighted by atomic mass is 16.2. The molecule has 0 spiro atoms. The second-order valence-corrected chi connectivity index (χ2v) is 6.37. The first-order valence-corrected chi connectivity index (χ1v) is 9.14. The topological polar surface area (TPSA) is 58.1 Å². The molecule has 0 aliphatic rings. The number of carbonyl (C=O) groups is 1. The molecule has 3 aromatic rings. The van der Waals surface area contributed by atoms with Gasteiger partial charge in [-0.1, -0.05) is 43.3 Å². The van der Waals surface area contributed by atoms with E-state index in [4.69, 9.17) is 0 Å². The van der Waals surface area contributed by atoms with E-state index in [1.807, 2.05) is 30.3 Å². The summed E-state index contributed by atoms with van der Waals surface area (Å²) in [6.45, 7) is 3.57. The number of urea groups is 1. The van der Waals surface area contributed by atoms with Crippen LogP contribution in [0.5, 0.6) is 0 Å². The second-order valence-electron chi connectivity index (χ2n) is 6.37. The molecule has 27 heavy (non-hydrogen) atoms. The number of hydrogen-bond donors (Lipinski definition) is 1. The van der Waals surface area contributed by atoms with Gasteiger partial charge in [-0.25, -0.2) is 4.79 Å². The number of hydrogen-bond acceptors (Lipinski definition) is 3. The van der Waals surface area contributed by atoms with Crippen LogP contribution >= 0.6 is 0 Å². The Kier molecular flexibility index (Phi) is 6.52. The lowest BCUT2D eigenvalue weighted by molar-refractivity contribution is 0.191. The largest absolute Gasteiger partial charge is 0.332 e. The fourth-order valence-corrected chi connectivity index (χ4v) is 2.79. The van der Waals surface area contributed by atoms with Crippen molar-refractivity contribution in [2.24, 2.45) is 0 Å². The van der Waals surface area contributed by atoms with E-state index in [-0.39, 0.29) is 6.03 Å². The molecular formula is C22H24N4O. The van der Waals surface area contributed by atoms with Crippen LogP contribution in [0.15, 0.2) is 73.2 Å². The van der Waals surface area contributed by atoms with Gasteiger partial charge in [0.1, 0.15) is 0 Å². The van der Waals surface area contributed by atoms with Crippen LogP contribution in [0.1, 0.15) is 29.3 Å². The van der Waals surface area contributed by atoms with Gasteiger partial charge in [0, 0.05) is 31.7 Å². The van der Waals surface area contributed by atoms with Crippen molar-refractivity contribution in [3.63, 3.8) is 0 Å². The highest BCUT2D eigenvalue weighted by molar-refractivity contribution is 5.74. The third kappa shape index (κ3) is 5.64. The highest BCUT2D eigenvalue weighted by Crippen LogP contribution is 2.12. The second kappa shape index (κ2) is 9.48. The smallest absolute Gasteiger partial charge is 0.318 e. The van der Waals surface area contributed by atoms with Gasteiger partial charge in [-0.15, -0.1) is 0 Å². The summed E-state index contributed by atoms with van der Waals surface area (Å²) in [6.07, 6.45) is 6.26. The minimum absolute atomic E-state index is 0.121. The van der Waals surface area contributed by atoms with E-state index in [9.17, 15) is 4.79 Å². The molecule has 0 unspecified atom stereocenters. The molecule has 0 saturated carbocycles. The fraction of sp³-hybridized carbons (Fsp3) is 0.227. The molecule has 0 radical (unpaired) electrons. The Morgan fingerprint density at radius 2 is 1.70 bits per heavy atom. The summed E-state index contributed by atoms with van der Waals surface area (Å²) < 4.78 is 0. The number of nitrogens with zero attached hydrogens (tertiary/aromatic N) is 3. The predicted octanol–water partition coefficient (Wildman–Crippen LogP) is 3.95. The number of aromatic nitrogens is 2. The number of benzene rings is 1. The Labute approximate surface area is 160 Å². The average molecular weight is 360 g/mol. The molecule has 0 aliphatic heterocycles. The summed E-state index contributed by atoms with van der Waals surface area (Å²) in [7, 11) is 0. The molecule has 0 atom stereocenters. The molecule has 1 aromatic carbocycles. The van der Waals surface area contributed by atoms with Crippen LogP contribution in [0.25, 0.3) is 0 Å². The number of pyridine rings is 2. The van der Waals surface area contributed by atoms with E-state index >= 15 is 0 Å². The van der Waals surface area contributed by atoms with E-state index in [1.165, 1.54) is 5.56 Å². The number of rotatable bonds is 7. The van der Waals surface area contributed by atoms with Crippen molar-refractivity contribution < 1.29 is 4.79 Å². The van der Waals surface area contributed by atoms with Crippen molar-refractivity contribution in [2.45, 2.75) is 33.0 Å². The predicted molar refractivity (Wildman–Crippen MR) is 106 cm³/mol. The lowest BCUT2D eigenvalue weighted by Gasteiger charge is -2.23. The van der Waals surface area contributed by atoms with Crippen molar-refractivity contribution in [3.8, 4) is 0 Å². The Morgan fingerprint density at radius 3 is 2.37 bits per heavy atom. The van der Waals surface area contributed by atoms with E-state index in [0.717, 1.165) is 23.2 Å². The molecule has 0 fully saturated rings. The average Bonchev–Trinajstić information content (AvgIpc) is 2.73. The summed E-state index contributed by atoms with van der Waals surface area (Å²) in [5.41, 5.74) is 4.22. The molecule has 0 saturated heterocycles. The summed E-state index contributed by atoms with van der Waals surface area (Å²) in [4.78, 5) is 23.0. The van der Waals surface area contributed by atoms with Gasteiger partial charge in [0.25, 0.3) is 0 Å². The van der Waals surface area contributed by atoms with Crippen LogP contribution in [0.2, 0.25) is 0 Å². The first kappa shape index (κ1) is 18.6. The van der Waals surface area contributed by atoms with E-state index in [2.05, 4.69) is 46.5 Å². The van der Waals surface area contributed by atoms with Crippen LogP contribution < -0.4 is 5.32 Å².